The number of carbonyl (C=O) groups excluding carboxylic acids is 1. The zero-order valence-corrected chi connectivity index (χ0v) is 17.6. The summed E-state index contributed by atoms with van der Waals surface area (Å²) in [6, 6.07) is 19.7. The molecule has 0 aliphatic carbocycles. The molecule has 4 rings (SSSR count). The minimum atomic E-state index is -0.0850. The van der Waals surface area contributed by atoms with Gasteiger partial charge >= 0.3 is 0 Å². The van der Waals surface area contributed by atoms with Crippen LogP contribution in [-0.4, -0.2) is 31.4 Å². The quantitative estimate of drug-likeness (QED) is 0.463. The van der Waals surface area contributed by atoms with Gasteiger partial charge in [-0.2, -0.15) is 0 Å². The van der Waals surface area contributed by atoms with Crippen LogP contribution in [0, 0.1) is 13.8 Å². The topological polar surface area (TPSA) is 72.7 Å². The van der Waals surface area contributed by atoms with E-state index in [-0.39, 0.29) is 11.7 Å². The molecule has 2 heterocycles. The highest BCUT2D eigenvalue weighted by Gasteiger charge is 2.17. The van der Waals surface area contributed by atoms with E-state index in [1.165, 1.54) is 17.3 Å². The van der Waals surface area contributed by atoms with Crippen molar-refractivity contribution in [1.82, 2.24) is 19.7 Å². The molecule has 7 heteroatoms. The Balaban J connectivity index is 1.60. The Hall–Kier alpha value is -3.45. The first-order valence-corrected chi connectivity index (χ1v) is 10.5. The molecule has 0 atom stereocenters. The van der Waals surface area contributed by atoms with Gasteiger partial charge in [-0.05, 0) is 49.7 Å². The maximum absolute atomic E-state index is 12.5. The van der Waals surface area contributed by atoms with Crippen LogP contribution in [0.3, 0.4) is 0 Å². The molecule has 0 aliphatic heterocycles. The molecule has 4 aromatic rings. The van der Waals surface area contributed by atoms with E-state index in [1.54, 1.807) is 12.4 Å². The minimum absolute atomic E-state index is 0.0850. The van der Waals surface area contributed by atoms with Crippen LogP contribution in [0.5, 0.6) is 0 Å². The van der Waals surface area contributed by atoms with Gasteiger partial charge in [-0.3, -0.25) is 14.3 Å². The number of para-hydroxylation sites is 1. The lowest BCUT2D eigenvalue weighted by molar-refractivity contribution is -0.113. The lowest BCUT2D eigenvalue weighted by Gasteiger charge is -2.11. The summed E-state index contributed by atoms with van der Waals surface area (Å²) in [7, 11) is 0. The number of amides is 1. The average Bonchev–Trinajstić information content (AvgIpc) is 3.19. The van der Waals surface area contributed by atoms with Gasteiger partial charge in [0.15, 0.2) is 11.0 Å². The number of pyridine rings is 1. The number of anilines is 1. The second-order valence-electron chi connectivity index (χ2n) is 6.86. The molecule has 0 aliphatic rings. The summed E-state index contributed by atoms with van der Waals surface area (Å²) in [4.78, 5) is 16.6. The number of rotatable bonds is 6. The number of thioether (sulfide) groups is 1. The monoisotopic (exact) mass is 415 g/mol. The Bertz CT molecular complexity index is 1160. The van der Waals surface area contributed by atoms with Crippen LogP contribution < -0.4 is 5.32 Å². The van der Waals surface area contributed by atoms with E-state index in [2.05, 4.69) is 20.5 Å². The van der Waals surface area contributed by atoms with Crippen LogP contribution in [0.2, 0.25) is 0 Å². The summed E-state index contributed by atoms with van der Waals surface area (Å²) in [5.41, 5.74) is 4.87. The maximum atomic E-state index is 12.5. The molecule has 30 heavy (non-hydrogen) atoms. The van der Waals surface area contributed by atoms with E-state index in [0.29, 0.717) is 11.0 Å². The van der Waals surface area contributed by atoms with E-state index < -0.39 is 0 Å². The number of nitrogens with one attached hydrogen (secondary N) is 1. The molecule has 1 amide bonds. The number of nitrogens with zero attached hydrogens (tertiary/aromatic N) is 4. The van der Waals surface area contributed by atoms with Crippen LogP contribution >= 0.6 is 11.8 Å². The van der Waals surface area contributed by atoms with Crippen molar-refractivity contribution >= 4 is 23.4 Å². The fraction of sp³-hybridized carbons (Fsp3) is 0.130. The van der Waals surface area contributed by atoms with Crippen LogP contribution in [0.25, 0.3) is 17.1 Å². The first kappa shape index (κ1) is 19.8. The summed E-state index contributed by atoms with van der Waals surface area (Å²) >= 11 is 1.36. The lowest BCUT2D eigenvalue weighted by atomic mass is 10.2. The summed E-state index contributed by atoms with van der Waals surface area (Å²) < 4.78 is 1.97. The Morgan fingerprint density at radius 1 is 0.967 bits per heavy atom. The molecule has 2 aromatic heterocycles. The molecule has 0 radical (unpaired) electrons. The van der Waals surface area contributed by atoms with Gasteiger partial charge in [0.05, 0.1) is 5.75 Å². The van der Waals surface area contributed by atoms with Crippen molar-refractivity contribution in [2.75, 3.05) is 11.1 Å². The number of carbonyl (C=O) groups is 1. The molecule has 0 saturated carbocycles. The van der Waals surface area contributed by atoms with E-state index in [0.717, 1.165) is 22.5 Å². The van der Waals surface area contributed by atoms with Crippen molar-refractivity contribution in [3.05, 3.63) is 84.2 Å². The standard InChI is InChI=1S/C23H21N5OS/c1-16-7-9-19(10-8-16)28-22(18-11-13-24-14-12-18)26-27-23(28)30-15-21(29)25-20-6-4-3-5-17(20)2/h3-14H,15H2,1-2H3,(H,25,29). The third kappa shape index (κ3) is 4.41. The lowest BCUT2D eigenvalue weighted by Crippen LogP contribution is -2.15. The molecule has 0 spiro atoms. The molecule has 6 nitrogen and oxygen atoms in total. The molecule has 0 fully saturated rings. The van der Waals surface area contributed by atoms with Crippen LogP contribution in [0.15, 0.2) is 78.2 Å². The average molecular weight is 416 g/mol. The number of hydrogen-bond acceptors (Lipinski definition) is 5. The van der Waals surface area contributed by atoms with E-state index in [4.69, 9.17) is 0 Å². The van der Waals surface area contributed by atoms with Crippen molar-refractivity contribution in [2.45, 2.75) is 19.0 Å². The van der Waals surface area contributed by atoms with Gasteiger partial charge in [-0.1, -0.05) is 47.7 Å². The zero-order valence-electron chi connectivity index (χ0n) is 16.7. The van der Waals surface area contributed by atoms with E-state index >= 15 is 0 Å². The Morgan fingerprint density at radius 3 is 2.43 bits per heavy atom. The van der Waals surface area contributed by atoms with Gasteiger partial charge in [-0.25, -0.2) is 0 Å². The smallest absolute Gasteiger partial charge is 0.234 e. The molecule has 2 aromatic carbocycles. The zero-order chi connectivity index (χ0) is 20.9. The second-order valence-corrected chi connectivity index (χ2v) is 7.81. The summed E-state index contributed by atoms with van der Waals surface area (Å²) in [6.45, 7) is 4.02. The van der Waals surface area contributed by atoms with Gasteiger partial charge in [0.1, 0.15) is 0 Å². The van der Waals surface area contributed by atoms with Crippen LogP contribution in [0.1, 0.15) is 11.1 Å². The Labute approximate surface area is 179 Å². The van der Waals surface area contributed by atoms with Gasteiger partial charge in [0.2, 0.25) is 5.91 Å². The molecule has 0 saturated heterocycles. The van der Waals surface area contributed by atoms with Crippen molar-refractivity contribution in [2.24, 2.45) is 0 Å². The Morgan fingerprint density at radius 2 is 1.70 bits per heavy atom. The second kappa shape index (κ2) is 8.92. The van der Waals surface area contributed by atoms with Crippen molar-refractivity contribution in [1.29, 1.82) is 0 Å². The molecule has 0 unspecified atom stereocenters. The summed E-state index contributed by atoms with van der Waals surface area (Å²) in [5.74, 6) is 0.857. The van der Waals surface area contributed by atoms with Gasteiger partial charge in [-0.15, -0.1) is 10.2 Å². The van der Waals surface area contributed by atoms with Crippen molar-refractivity contribution < 1.29 is 4.79 Å². The van der Waals surface area contributed by atoms with Crippen molar-refractivity contribution in [3.8, 4) is 17.1 Å². The van der Waals surface area contributed by atoms with E-state index in [1.807, 2.05) is 79.1 Å². The van der Waals surface area contributed by atoms with E-state index in [9.17, 15) is 4.79 Å². The summed E-state index contributed by atoms with van der Waals surface area (Å²) in [6.07, 6.45) is 3.46. The number of hydrogen-bond donors (Lipinski definition) is 1. The SMILES string of the molecule is Cc1ccc(-n2c(SCC(=O)Nc3ccccc3C)nnc2-c2ccncc2)cc1. The fourth-order valence-corrected chi connectivity index (χ4v) is 3.76. The maximum Gasteiger partial charge on any atom is 0.234 e. The highest BCUT2D eigenvalue weighted by atomic mass is 32.2. The van der Waals surface area contributed by atoms with Crippen LogP contribution in [0.4, 0.5) is 5.69 Å². The predicted octanol–water partition coefficient (Wildman–Crippen LogP) is 4.68. The summed E-state index contributed by atoms with van der Waals surface area (Å²) in [5, 5.41) is 12.4. The highest BCUT2D eigenvalue weighted by Crippen LogP contribution is 2.28. The van der Waals surface area contributed by atoms with Crippen LogP contribution in [-0.2, 0) is 4.79 Å². The van der Waals surface area contributed by atoms with Gasteiger partial charge in [0, 0.05) is 29.3 Å². The molecular weight excluding hydrogens is 394 g/mol. The largest absolute Gasteiger partial charge is 0.325 e. The number of benzene rings is 2. The first-order valence-electron chi connectivity index (χ1n) is 9.53. The van der Waals surface area contributed by atoms with Crippen molar-refractivity contribution in [3.63, 3.8) is 0 Å². The number of aromatic nitrogens is 4. The highest BCUT2D eigenvalue weighted by molar-refractivity contribution is 7.99. The molecule has 0 bridgehead atoms. The third-order valence-electron chi connectivity index (χ3n) is 4.62. The molecule has 1 N–H and O–H groups in total. The molecular formula is C23H21N5OS. The fourth-order valence-electron chi connectivity index (χ4n) is 3.01. The van der Waals surface area contributed by atoms with Gasteiger partial charge < -0.3 is 5.32 Å². The normalized spacial score (nSPS) is 10.7. The Kier molecular flexibility index (Phi) is 5.90. The third-order valence-corrected chi connectivity index (χ3v) is 5.54. The molecule has 150 valence electrons. The van der Waals surface area contributed by atoms with Gasteiger partial charge in [0.25, 0.3) is 0 Å². The number of aryl methyl sites for hydroxylation is 2. The first-order chi connectivity index (χ1) is 14.6. The predicted molar refractivity (Wildman–Crippen MR) is 120 cm³/mol. The minimum Gasteiger partial charge on any atom is -0.325 e.